The Balaban J connectivity index is 2.09. The normalized spacial score (nSPS) is 22.4. The van der Waals surface area contributed by atoms with Gasteiger partial charge < -0.3 is 9.47 Å². The van der Waals surface area contributed by atoms with E-state index in [0.29, 0.717) is 5.56 Å². The van der Waals surface area contributed by atoms with Crippen molar-refractivity contribution in [1.29, 1.82) is 0 Å². The topological polar surface area (TPSA) is 73.0 Å². The van der Waals surface area contributed by atoms with E-state index in [1.807, 2.05) is 13.8 Å². The summed E-state index contributed by atoms with van der Waals surface area (Å²) in [6.07, 6.45) is 0.0558. The minimum Gasteiger partial charge on any atom is -0.465 e. The number of methoxy groups -OCH3 is 1. The largest absolute Gasteiger partial charge is 0.465 e. The number of ketones is 2. The van der Waals surface area contributed by atoms with Gasteiger partial charge in [0.25, 0.3) is 0 Å². The smallest absolute Gasteiger partial charge is 0.342 e. The highest BCUT2D eigenvalue weighted by Crippen LogP contribution is 2.42. The van der Waals surface area contributed by atoms with E-state index in [1.54, 1.807) is 24.3 Å². The van der Waals surface area contributed by atoms with Crippen LogP contribution in [0.15, 0.2) is 35.4 Å². The lowest BCUT2D eigenvalue weighted by atomic mass is 9.81. The van der Waals surface area contributed by atoms with E-state index < -0.39 is 11.8 Å². The maximum Gasteiger partial charge on any atom is 0.342 e. The van der Waals surface area contributed by atoms with Crippen LogP contribution in [0.5, 0.6) is 0 Å². The standard InChI is InChI=1S/C17H16O5/c1-17(2)12(22-17)8-11-13(16(20)21-3)15(19)10-7-5-4-6-9(10)14(11)18/h4-7,12H,8H2,1-3H3. The third kappa shape index (κ3) is 2.18. The van der Waals surface area contributed by atoms with Gasteiger partial charge in [0.1, 0.15) is 5.57 Å². The first-order chi connectivity index (χ1) is 10.4. The Bertz CT molecular complexity index is 726. The van der Waals surface area contributed by atoms with Gasteiger partial charge in [-0.3, -0.25) is 9.59 Å². The first-order valence-electron chi connectivity index (χ1n) is 7.04. The van der Waals surface area contributed by atoms with Crippen molar-refractivity contribution in [2.75, 3.05) is 7.11 Å². The van der Waals surface area contributed by atoms with Gasteiger partial charge in [-0.1, -0.05) is 24.3 Å². The molecule has 0 spiro atoms. The summed E-state index contributed by atoms with van der Waals surface area (Å²) in [6.45, 7) is 3.80. The molecule has 0 radical (unpaired) electrons. The number of rotatable bonds is 3. The van der Waals surface area contributed by atoms with Crippen LogP contribution in [-0.4, -0.2) is 36.4 Å². The number of hydrogen-bond acceptors (Lipinski definition) is 5. The predicted molar refractivity (Wildman–Crippen MR) is 77.7 cm³/mol. The molecule has 0 saturated carbocycles. The molecule has 0 N–H and O–H groups in total. The molecule has 3 rings (SSSR count). The number of fused-ring (bicyclic) bond motifs is 1. The quantitative estimate of drug-likeness (QED) is 0.485. The van der Waals surface area contributed by atoms with Crippen LogP contribution < -0.4 is 0 Å². The second-order valence-corrected chi connectivity index (χ2v) is 5.96. The van der Waals surface area contributed by atoms with Gasteiger partial charge in [0, 0.05) is 23.1 Å². The molecule has 1 fully saturated rings. The molecule has 0 amide bonds. The summed E-state index contributed by atoms with van der Waals surface area (Å²) in [5.74, 6) is -1.54. The van der Waals surface area contributed by atoms with Gasteiger partial charge in [0.15, 0.2) is 5.78 Å². The lowest BCUT2D eigenvalue weighted by Crippen LogP contribution is -2.28. The van der Waals surface area contributed by atoms with Crippen LogP contribution in [0.3, 0.4) is 0 Å². The maximum atomic E-state index is 12.7. The summed E-state index contributed by atoms with van der Waals surface area (Å²) in [4.78, 5) is 37.3. The highest BCUT2D eigenvalue weighted by atomic mass is 16.6. The fourth-order valence-corrected chi connectivity index (χ4v) is 2.75. The number of Topliss-reactive ketones (excluding diaryl/α,β-unsaturated/α-hetero) is 2. The van der Waals surface area contributed by atoms with Crippen LogP contribution in [0, 0.1) is 0 Å². The van der Waals surface area contributed by atoms with Crippen LogP contribution >= 0.6 is 0 Å². The van der Waals surface area contributed by atoms with E-state index in [9.17, 15) is 14.4 Å². The van der Waals surface area contributed by atoms with Gasteiger partial charge >= 0.3 is 5.97 Å². The molecule has 0 aromatic heterocycles. The third-order valence-corrected chi connectivity index (χ3v) is 4.16. The zero-order chi connectivity index (χ0) is 16.1. The predicted octanol–water partition coefficient (Wildman–Crippen LogP) is 2.10. The highest BCUT2D eigenvalue weighted by molar-refractivity contribution is 6.35. The van der Waals surface area contributed by atoms with Gasteiger partial charge in [0.2, 0.25) is 5.78 Å². The average Bonchev–Trinajstić information content (AvgIpc) is 3.11. The van der Waals surface area contributed by atoms with Crippen LogP contribution in [0.4, 0.5) is 0 Å². The Morgan fingerprint density at radius 1 is 1.18 bits per heavy atom. The van der Waals surface area contributed by atoms with Crippen molar-refractivity contribution in [3.63, 3.8) is 0 Å². The first-order valence-corrected chi connectivity index (χ1v) is 7.04. The van der Waals surface area contributed by atoms with Crippen LogP contribution in [0.2, 0.25) is 0 Å². The van der Waals surface area contributed by atoms with E-state index in [2.05, 4.69) is 0 Å². The SMILES string of the molecule is COC(=O)C1=C(CC2OC2(C)C)C(=O)c2ccccc2C1=O. The molecule has 0 bridgehead atoms. The van der Waals surface area contributed by atoms with E-state index in [0.717, 1.165) is 0 Å². The fraction of sp³-hybridized carbons (Fsp3) is 0.353. The lowest BCUT2D eigenvalue weighted by molar-refractivity contribution is -0.135. The van der Waals surface area contributed by atoms with Gasteiger partial charge in [-0.2, -0.15) is 0 Å². The summed E-state index contributed by atoms with van der Waals surface area (Å²) in [5.41, 5.74) is 0.249. The Morgan fingerprint density at radius 2 is 1.73 bits per heavy atom. The molecule has 5 heteroatoms. The second kappa shape index (κ2) is 4.88. The van der Waals surface area contributed by atoms with E-state index >= 15 is 0 Å². The van der Waals surface area contributed by atoms with Crippen LogP contribution in [0.1, 0.15) is 41.0 Å². The van der Waals surface area contributed by atoms with Crippen molar-refractivity contribution in [2.24, 2.45) is 0 Å². The van der Waals surface area contributed by atoms with E-state index in [4.69, 9.17) is 9.47 Å². The van der Waals surface area contributed by atoms with Gasteiger partial charge in [-0.05, 0) is 13.8 Å². The number of carbonyl (C=O) groups excluding carboxylic acids is 3. The van der Waals surface area contributed by atoms with Gasteiger partial charge in [-0.25, -0.2) is 4.79 Å². The number of hydrogen-bond donors (Lipinski definition) is 0. The van der Waals surface area contributed by atoms with Crippen LogP contribution in [0.25, 0.3) is 0 Å². The van der Waals surface area contributed by atoms with Crippen molar-refractivity contribution < 1.29 is 23.9 Å². The Labute approximate surface area is 127 Å². The Morgan fingerprint density at radius 3 is 2.23 bits per heavy atom. The Kier molecular flexibility index (Phi) is 3.25. The monoisotopic (exact) mass is 300 g/mol. The minimum atomic E-state index is -0.777. The lowest BCUT2D eigenvalue weighted by Gasteiger charge is -2.19. The van der Waals surface area contributed by atoms with Crippen LogP contribution in [-0.2, 0) is 14.3 Å². The average molecular weight is 300 g/mol. The van der Waals surface area contributed by atoms with Gasteiger partial charge in [-0.15, -0.1) is 0 Å². The number of epoxide rings is 1. The molecule has 1 aliphatic heterocycles. The minimum absolute atomic E-state index is 0.169. The van der Waals surface area contributed by atoms with Gasteiger partial charge in [0.05, 0.1) is 18.8 Å². The van der Waals surface area contributed by atoms with E-state index in [1.165, 1.54) is 7.11 Å². The Hall–Kier alpha value is -2.27. The number of esters is 1. The molecule has 22 heavy (non-hydrogen) atoms. The van der Waals surface area contributed by atoms with Crippen molar-refractivity contribution in [3.8, 4) is 0 Å². The third-order valence-electron chi connectivity index (χ3n) is 4.16. The summed E-state index contributed by atoms with van der Waals surface area (Å²) in [6, 6.07) is 6.51. The molecule has 1 aromatic rings. The molecule has 5 nitrogen and oxygen atoms in total. The summed E-state index contributed by atoms with van der Waals surface area (Å²) < 4.78 is 10.2. The summed E-state index contributed by atoms with van der Waals surface area (Å²) in [5, 5.41) is 0. The zero-order valence-corrected chi connectivity index (χ0v) is 12.6. The first kappa shape index (κ1) is 14.7. The number of benzene rings is 1. The molecular formula is C17H16O5. The molecule has 1 aromatic carbocycles. The van der Waals surface area contributed by atoms with Crippen molar-refractivity contribution in [1.82, 2.24) is 0 Å². The van der Waals surface area contributed by atoms with E-state index in [-0.39, 0.29) is 40.6 Å². The van der Waals surface area contributed by atoms with Crippen molar-refractivity contribution in [2.45, 2.75) is 32.0 Å². The molecular weight excluding hydrogens is 284 g/mol. The molecule has 1 unspecified atom stereocenters. The summed E-state index contributed by atoms with van der Waals surface area (Å²) >= 11 is 0. The molecule has 114 valence electrons. The van der Waals surface area contributed by atoms with Crippen molar-refractivity contribution >= 4 is 17.5 Å². The fourth-order valence-electron chi connectivity index (χ4n) is 2.75. The molecule has 1 aliphatic carbocycles. The number of ether oxygens (including phenoxy) is 2. The molecule has 1 saturated heterocycles. The zero-order valence-electron chi connectivity index (χ0n) is 12.6. The molecule has 1 atom stereocenters. The highest BCUT2D eigenvalue weighted by Gasteiger charge is 2.50. The molecule has 1 heterocycles. The van der Waals surface area contributed by atoms with Crippen molar-refractivity contribution in [3.05, 3.63) is 46.5 Å². The maximum absolute atomic E-state index is 12.7. The molecule has 2 aliphatic rings. The summed E-state index contributed by atoms with van der Waals surface area (Å²) in [7, 11) is 1.20. The number of carbonyl (C=O) groups is 3. The second-order valence-electron chi connectivity index (χ2n) is 5.96.